The van der Waals surface area contributed by atoms with Crippen LogP contribution in [0, 0.1) is 24.3 Å². The lowest BCUT2D eigenvalue weighted by Crippen LogP contribution is -2.27. The van der Waals surface area contributed by atoms with Crippen LogP contribution < -0.4 is 5.32 Å². The summed E-state index contributed by atoms with van der Waals surface area (Å²) in [5.74, 6) is 1.28. The molecule has 3 heterocycles. The van der Waals surface area contributed by atoms with E-state index in [9.17, 15) is 0 Å². The molecule has 6 nitrogen and oxygen atoms in total. The fraction of sp³-hybridized carbons (Fsp3) is 0.389. The van der Waals surface area contributed by atoms with E-state index in [-0.39, 0.29) is 6.04 Å². The summed E-state index contributed by atoms with van der Waals surface area (Å²) < 4.78 is 6.29. The molecule has 4 rings (SSSR count). The average molecular weight is 353 g/mol. The number of thiazole rings is 1. The van der Waals surface area contributed by atoms with E-state index in [0.29, 0.717) is 5.92 Å². The highest BCUT2D eigenvalue weighted by Gasteiger charge is 2.27. The quantitative estimate of drug-likeness (QED) is 0.718. The Morgan fingerprint density at radius 3 is 3.04 bits per heavy atom. The first kappa shape index (κ1) is 15.9. The Morgan fingerprint density at radius 2 is 2.32 bits per heavy atom. The van der Waals surface area contributed by atoms with Crippen molar-refractivity contribution in [2.75, 3.05) is 18.4 Å². The minimum Gasteiger partial charge on any atom is -0.361 e. The highest BCUT2D eigenvalue weighted by atomic mass is 32.1. The van der Waals surface area contributed by atoms with E-state index >= 15 is 0 Å². The maximum Gasteiger partial charge on any atom is 0.184 e. The molecule has 1 saturated heterocycles. The molecule has 1 aliphatic heterocycles. The van der Waals surface area contributed by atoms with E-state index in [1.807, 2.05) is 30.0 Å². The van der Waals surface area contributed by atoms with E-state index in [4.69, 9.17) is 9.78 Å². The van der Waals surface area contributed by atoms with E-state index < -0.39 is 0 Å². The van der Waals surface area contributed by atoms with Crippen LogP contribution in [0.4, 0.5) is 5.13 Å². The minimum absolute atomic E-state index is 0.288. The van der Waals surface area contributed by atoms with Crippen LogP contribution in [-0.2, 0) is 0 Å². The fourth-order valence-corrected chi connectivity index (χ4v) is 4.25. The molecule has 2 aromatic heterocycles. The van der Waals surface area contributed by atoms with Gasteiger partial charge in [-0.25, -0.2) is 4.98 Å². The van der Waals surface area contributed by atoms with Gasteiger partial charge >= 0.3 is 0 Å². The van der Waals surface area contributed by atoms with Crippen molar-refractivity contribution >= 4 is 26.7 Å². The van der Waals surface area contributed by atoms with Crippen molar-refractivity contribution in [3.05, 3.63) is 30.0 Å². The van der Waals surface area contributed by atoms with Gasteiger partial charge in [-0.1, -0.05) is 22.6 Å². The molecule has 1 fully saturated rings. The summed E-state index contributed by atoms with van der Waals surface area (Å²) in [6, 6.07) is 8.37. The van der Waals surface area contributed by atoms with E-state index in [2.05, 4.69) is 34.6 Å². The van der Waals surface area contributed by atoms with Crippen molar-refractivity contribution in [3.8, 4) is 17.5 Å². The number of fused-ring (bicyclic) bond motifs is 1. The lowest BCUT2D eigenvalue weighted by atomic mass is 10.0. The van der Waals surface area contributed by atoms with Crippen LogP contribution >= 0.6 is 11.3 Å². The summed E-state index contributed by atoms with van der Waals surface area (Å²) in [7, 11) is 0. The van der Waals surface area contributed by atoms with Gasteiger partial charge in [0.1, 0.15) is 11.5 Å². The van der Waals surface area contributed by atoms with Crippen LogP contribution in [0.15, 0.2) is 28.8 Å². The first-order valence-electron chi connectivity index (χ1n) is 8.38. The van der Waals surface area contributed by atoms with Crippen molar-refractivity contribution in [3.63, 3.8) is 0 Å². The SMILES string of the molecule is Cc1cc(-c2ccc3nc(NC(C)C4CCN(C#N)C4)sc3c2)no1. The molecule has 3 aromatic rings. The number of nitrogens with zero attached hydrogens (tertiary/aromatic N) is 4. The van der Waals surface area contributed by atoms with E-state index in [1.54, 1.807) is 11.3 Å². The molecular weight excluding hydrogens is 334 g/mol. The lowest BCUT2D eigenvalue weighted by molar-refractivity contribution is 0.399. The van der Waals surface area contributed by atoms with Gasteiger partial charge in [0.25, 0.3) is 0 Å². The molecule has 1 aliphatic rings. The predicted molar refractivity (Wildman–Crippen MR) is 98.2 cm³/mol. The molecule has 7 heteroatoms. The normalized spacial score (nSPS) is 18.4. The van der Waals surface area contributed by atoms with Crippen LogP contribution in [0.1, 0.15) is 19.1 Å². The Labute approximate surface area is 150 Å². The topological polar surface area (TPSA) is 78.0 Å². The highest BCUT2D eigenvalue weighted by Crippen LogP contribution is 2.31. The van der Waals surface area contributed by atoms with Crippen LogP contribution in [0.5, 0.6) is 0 Å². The number of nitrogens with one attached hydrogen (secondary N) is 1. The first-order chi connectivity index (χ1) is 12.1. The van der Waals surface area contributed by atoms with E-state index in [1.165, 1.54) is 0 Å². The molecule has 2 unspecified atom stereocenters. The Morgan fingerprint density at radius 1 is 1.44 bits per heavy atom. The van der Waals surface area contributed by atoms with Crippen molar-refractivity contribution in [2.24, 2.45) is 5.92 Å². The number of anilines is 1. The van der Waals surface area contributed by atoms with Gasteiger partial charge in [-0.05, 0) is 38.3 Å². The second kappa shape index (κ2) is 6.37. The van der Waals surface area contributed by atoms with Crippen LogP contribution in [0.2, 0.25) is 0 Å². The summed E-state index contributed by atoms with van der Waals surface area (Å²) in [6.07, 6.45) is 3.28. The van der Waals surface area contributed by atoms with Crippen LogP contribution in [0.25, 0.3) is 21.5 Å². The molecule has 25 heavy (non-hydrogen) atoms. The van der Waals surface area contributed by atoms with Gasteiger partial charge in [0.2, 0.25) is 0 Å². The number of aromatic nitrogens is 2. The zero-order chi connectivity index (χ0) is 17.4. The monoisotopic (exact) mass is 353 g/mol. The Bertz CT molecular complexity index is 940. The van der Waals surface area contributed by atoms with Gasteiger partial charge in [-0.15, -0.1) is 0 Å². The third kappa shape index (κ3) is 3.17. The first-order valence-corrected chi connectivity index (χ1v) is 9.19. The van der Waals surface area contributed by atoms with Gasteiger partial charge in [-0.3, -0.25) is 0 Å². The Balaban J connectivity index is 1.52. The molecule has 128 valence electrons. The minimum atomic E-state index is 0.288. The molecule has 0 saturated carbocycles. The summed E-state index contributed by atoms with van der Waals surface area (Å²) in [4.78, 5) is 6.51. The Hall–Kier alpha value is -2.59. The summed E-state index contributed by atoms with van der Waals surface area (Å²) in [5.41, 5.74) is 2.86. The van der Waals surface area contributed by atoms with Gasteiger partial charge in [0, 0.05) is 30.8 Å². The molecular formula is C18H19N5OS. The lowest BCUT2D eigenvalue weighted by Gasteiger charge is -2.19. The Kier molecular flexibility index (Phi) is 4.06. The number of benzene rings is 1. The number of hydrogen-bond donors (Lipinski definition) is 1. The molecule has 0 radical (unpaired) electrons. The molecule has 0 aliphatic carbocycles. The zero-order valence-corrected chi connectivity index (χ0v) is 15.0. The van der Waals surface area contributed by atoms with Crippen molar-refractivity contribution in [1.82, 2.24) is 15.0 Å². The summed E-state index contributed by atoms with van der Waals surface area (Å²) in [6.45, 7) is 5.74. The van der Waals surface area contributed by atoms with Crippen LogP contribution in [0.3, 0.4) is 0 Å². The molecule has 2 atom stereocenters. The summed E-state index contributed by atoms with van der Waals surface area (Å²) in [5, 5.41) is 17.5. The van der Waals surface area contributed by atoms with Crippen molar-refractivity contribution in [1.29, 1.82) is 5.26 Å². The van der Waals surface area contributed by atoms with E-state index in [0.717, 1.165) is 51.9 Å². The zero-order valence-electron chi connectivity index (χ0n) is 14.2. The predicted octanol–water partition coefficient (Wildman–Crippen LogP) is 3.86. The van der Waals surface area contributed by atoms with Gasteiger partial charge in [-0.2, -0.15) is 5.26 Å². The smallest absolute Gasteiger partial charge is 0.184 e. The van der Waals surface area contributed by atoms with Gasteiger partial charge in [0.05, 0.1) is 10.2 Å². The fourth-order valence-electron chi connectivity index (χ4n) is 3.25. The van der Waals surface area contributed by atoms with Crippen LogP contribution in [-0.4, -0.2) is 34.2 Å². The van der Waals surface area contributed by atoms with Gasteiger partial charge in [0.15, 0.2) is 11.3 Å². The highest BCUT2D eigenvalue weighted by molar-refractivity contribution is 7.22. The standard InChI is InChI=1S/C18H19N5OS/c1-11-7-16(22-24-11)13-3-4-15-17(8-13)25-18(21-15)20-12(2)14-5-6-23(9-14)10-19/h3-4,7-8,12,14H,5-6,9H2,1-2H3,(H,20,21). The van der Waals surface area contributed by atoms with Crippen molar-refractivity contribution < 1.29 is 4.52 Å². The number of likely N-dealkylation sites (tertiary alicyclic amines) is 1. The summed E-state index contributed by atoms with van der Waals surface area (Å²) >= 11 is 1.65. The maximum absolute atomic E-state index is 9.01. The molecule has 1 N–H and O–H groups in total. The molecule has 1 aromatic carbocycles. The maximum atomic E-state index is 9.01. The van der Waals surface area contributed by atoms with Gasteiger partial charge < -0.3 is 14.7 Å². The number of nitriles is 1. The average Bonchev–Trinajstić information content (AvgIpc) is 3.32. The molecule has 0 bridgehead atoms. The second-order valence-corrected chi connectivity index (χ2v) is 7.58. The second-order valence-electron chi connectivity index (χ2n) is 6.55. The number of aryl methyl sites for hydroxylation is 1. The number of hydrogen-bond acceptors (Lipinski definition) is 7. The molecule has 0 amide bonds. The third-order valence-electron chi connectivity index (χ3n) is 4.74. The number of rotatable bonds is 4. The largest absolute Gasteiger partial charge is 0.361 e. The third-order valence-corrected chi connectivity index (χ3v) is 5.69. The van der Waals surface area contributed by atoms with Crippen molar-refractivity contribution in [2.45, 2.75) is 26.3 Å². The molecule has 0 spiro atoms.